The van der Waals surface area contributed by atoms with Crippen molar-refractivity contribution in [3.8, 4) is 11.1 Å². The standard InChI is InChI=1S/C25H28N2O5/c1-16(23(28)27-14-6-11-22(27)24(29)30)12-13-26-25(31)32-15-21-19-9-4-2-7-17(19)18-8-3-5-10-20(18)21/h2-5,7-10,16,21-22H,6,11-15H2,1H3,(H,26,31)(H,29,30)/t16?,22-/m1/s1. The summed E-state index contributed by atoms with van der Waals surface area (Å²) in [5.74, 6) is -1.51. The Labute approximate surface area is 187 Å². The quantitative estimate of drug-likeness (QED) is 0.691. The summed E-state index contributed by atoms with van der Waals surface area (Å²) in [7, 11) is 0. The van der Waals surface area contributed by atoms with Gasteiger partial charge in [-0.15, -0.1) is 0 Å². The van der Waals surface area contributed by atoms with E-state index in [9.17, 15) is 19.5 Å². The van der Waals surface area contributed by atoms with E-state index in [0.29, 0.717) is 25.8 Å². The van der Waals surface area contributed by atoms with Crippen molar-refractivity contribution < 1.29 is 24.2 Å². The molecule has 32 heavy (non-hydrogen) atoms. The van der Waals surface area contributed by atoms with Gasteiger partial charge in [0, 0.05) is 24.9 Å². The normalized spacial score (nSPS) is 18.0. The van der Waals surface area contributed by atoms with Crippen molar-refractivity contribution in [3.05, 3.63) is 59.7 Å². The molecule has 1 heterocycles. The molecule has 1 aliphatic heterocycles. The zero-order chi connectivity index (χ0) is 22.7. The van der Waals surface area contributed by atoms with Crippen LogP contribution in [0.2, 0.25) is 0 Å². The lowest BCUT2D eigenvalue weighted by molar-refractivity contribution is -0.149. The minimum absolute atomic E-state index is 0.00299. The fourth-order valence-electron chi connectivity index (χ4n) is 4.73. The van der Waals surface area contributed by atoms with Crippen molar-refractivity contribution in [1.29, 1.82) is 0 Å². The van der Waals surface area contributed by atoms with Crippen molar-refractivity contribution in [1.82, 2.24) is 10.2 Å². The number of carbonyl (C=O) groups excluding carboxylic acids is 2. The topological polar surface area (TPSA) is 95.9 Å². The van der Waals surface area contributed by atoms with Gasteiger partial charge in [0.1, 0.15) is 12.6 Å². The lowest BCUT2D eigenvalue weighted by Crippen LogP contribution is -2.43. The Balaban J connectivity index is 1.26. The zero-order valence-corrected chi connectivity index (χ0v) is 18.1. The largest absolute Gasteiger partial charge is 0.480 e. The minimum Gasteiger partial charge on any atom is -0.480 e. The Morgan fingerprint density at radius 2 is 1.72 bits per heavy atom. The van der Waals surface area contributed by atoms with Crippen molar-refractivity contribution >= 4 is 18.0 Å². The lowest BCUT2D eigenvalue weighted by Gasteiger charge is -2.25. The van der Waals surface area contributed by atoms with E-state index in [1.54, 1.807) is 6.92 Å². The molecule has 2 atom stereocenters. The molecule has 1 aliphatic carbocycles. The Hall–Kier alpha value is -3.35. The molecule has 168 valence electrons. The van der Waals surface area contributed by atoms with E-state index in [2.05, 4.69) is 29.6 Å². The van der Waals surface area contributed by atoms with Crippen LogP contribution in [0.5, 0.6) is 0 Å². The number of amides is 2. The minimum atomic E-state index is -0.959. The Kier molecular flexibility index (Phi) is 6.44. The summed E-state index contributed by atoms with van der Waals surface area (Å²) >= 11 is 0. The highest BCUT2D eigenvalue weighted by atomic mass is 16.5. The van der Waals surface area contributed by atoms with Crippen molar-refractivity contribution in [2.24, 2.45) is 5.92 Å². The summed E-state index contributed by atoms with van der Waals surface area (Å²) < 4.78 is 5.51. The van der Waals surface area contributed by atoms with Gasteiger partial charge in [0.05, 0.1) is 0 Å². The van der Waals surface area contributed by atoms with Gasteiger partial charge in [0.2, 0.25) is 5.91 Å². The first-order chi connectivity index (χ1) is 15.5. The van der Waals surface area contributed by atoms with E-state index in [4.69, 9.17) is 4.74 Å². The average Bonchev–Trinajstić information content (AvgIpc) is 3.41. The smallest absolute Gasteiger partial charge is 0.407 e. The SMILES string of the molecule is CC(CCNC(=O)OCC1c2ccccc2-c2ccccc21)C(=O)N1CCC[C@@H]1C(=O)O. The molecule has 2 N–H and O–H groups in total. The number of benzene rings is 2. The number of carboxylic acids is 1. The third kappa shape index (κ3) is 4.33. The molecule has 7 heteroatoms. The first-order valence-electron chi connectivity index (χ1n) is 11.1. The first-order valence-corrected chi connectivity index (χ1v) is 11.1. The van der Waals surface area contributed by atoms with Crippen LogP contribution in [0.1, 0.15) is 43.2 Å². The number of nitrogens with one attached hydrogen (secondary N) is 1. The molecule has 2 amide bonds. The molecular formula is C25H28N2O5. The van der Waals surface area contributed by atoms with E-state index >= 15 is 0 Å². The number of nitrogens with zero attached hydrogens (tertiary/aromatic N) is 1. The summed E-state index contributed by atoms with van der Waals surface area (Å²) in [6.07, 6.45) is 1.10. The molecule has 0 radical (unpaired) electrons. The summed E-state index contributed by atoms with van der Waals surface area (Å²) in [6.45, 7) is 2.76. The van der Waals surface area contributed by atoms with E-state index in [0.717, 1.165) is 11.1 Å². The molecule has 0 aromatic heterocycles. The van der Waals surface area contributed by atoms with Gasteiger partial charge >= 0.3 is 12.1 Å². The summed E-state index contributed by atoms with van der Waals surface area (Å²) in [5.41, 5.74) is 4.65. The Bertz CT molecular complexity index is 975. The third-order valence-corrected chi connectivity index (χ3v) is 6.43. The van der Waals surface area contributed by atoms with Crippen LogP contribution in [-0.2, 0) is 14.3 Å². The molecule has 2 aromatic rings. The maximum Gasteiger partial charge on any atom is 0.407 e. The number of aliphatic carboxylic acids is 1. The number of carboxylic acid groups (broad SMARTS) is 1. The van der Waals surface area contributed by atoms with Gasteiger partial charge in [0.15, 0.2) is 0 Å². The molecular weight excluding hydrogens is 408 g/mol. The molecule has 4 rings (SSSR count). The summed E-state index contributed by atoms with van der Waals surface area (Å²) in [5, 5.41) is 12.0. The maximum atomic E-state index is 12.6. The van der Waals surface area contributed by atoms with E-state index in [1.165, 1.54) is 16.0 Å². The monoisotopic (exact) mass is 436 g/mol. The summed E-state index contributed by atoms with van der Waals surface area (Å²) in [4.78, 5) is 37.6. The number of rotatable bonds is 7. The fraction of sp³-hybridized carbons (Fsp3) is 0.400. The molecule has 1 unspecified atom stereocenters. The molecule has 2 aliphatic rings. The molecule has 0 saturated carbocycles. The van der Waals surface area contributed by atoms with Gasteiger partial charge in [-0.1, -0.05) is 55.5 Å². The van der Waals surface area contributed by atoms with Gasteiger partial charge in [-0.3, -0.25) is 4.79 Å². The van der Waals surface area contributed by atoms with Gasteiger partial charge in [-0.05, 0) is 41.5 Å². The molecule has 0 spiro atoms. The second-order valence-corrected chi connectivity index (χ2v) is 8.47. The van der Waals surface area contributed by atoms with E-state index in [-0.39, 0.29) is 30.9 Å². The van der Waals surface area contributed by atoms with Crippen LogP contribution in [0.4, 0.5) is 4.79 Å². The predicted octanol–water partition coefficient (Wildman–Crippen LogP) is 3.63. The highest BCUT2D eigenvalue weighted by molar-refractivity contribution is 5.85. The fourth-order valence-corrected chi connectivity index (χ4v) is 4.73. The number of carbonyl (C=O) groups is 3. The summed E-state index contributed by atoms with van der Waals surface area (Å²) in [6, 6.07) is 15.6. The van der Waals surface area contributed by atoms with E-state index < -0.39 is 18.1 Å². The highest BCUT2D eigenvalue weighted by Gasteiger charge is 2.35. The van der Waals surface area contributed by atoms with Crippen LogP contribution in [0.25, 0.3) is 11.1 Å². The van der Waals surface area contributed by atoms with Crippen LogP contribution >= 0.6 is 0 Å². The van der Waals surface area contributed by atoms with Crippen molar-refractivity contribution in [2.45, 2.75) is 38.1 Å². The molecule has 7 nitrogen and oxygen atoms in total. The van der Waals surface area contributed by atoms with Crippen LogP contribution in [0, 0.1) is 5.92 Å². The second kappa shape index (κ2) is 9.42. The number of hydrogen-bond acceptors (Lipinski definition) is 4. The maximum absolute atomic E-state index is 12.6. The van der Waals surface area contributed by atoms with Crippen LogP contribution in [0.15, 0.2) is 48.5 Å². The number of likely N-dealkylation sites (tertiary alicyclic amines) is 1. The van der Waals surface area contributed by atoms with Gasteiger partial charge in [-0.2, -0.15) is 0 Å². The molecule has 0 bridgehead atoms. The van der Waals surface area contributed by atoms with Crippen molar-refractivity contribution in [3.63, 3.8) is 0 Å². The number of ether oxygens (including phenoxy) is 1. The highest BCUT2D eigenvalue weighted by Crippen LogP contribution is 2.44. The van der Waals surface area contributed by atoms with Crippen molar-refractivity contribution in [2.75, 3.05) is 19.7 Å². The number of hydrogen-bond donors (Lipinski definition) is 2. The third-order valence-electron chi connectivity index (χ3n) is 6.43. The Morgan fingerprint density at radius 3 is 2.34 bits per heavy atom. The van der Waals surface area contributed by atoms with Crippen LogP contribution in [-0.4, -0.2) is 53.7 Å². The van der Waals surface area contributed by atoms with Gasteiger partial charge < -0.3 is 20.1 Å². The molecule has 2 aromatic carbocycles. The predicted molar refractivity (Wildman–Crippen MR) is 119 cm³/mol. The van der Waals surface area contributed by atoms with Crippen LogP contribution < -0.4 is 5.32 Å². The second-order valence-electron chi connectivity index (χ2n) is 8.47. The lowest BCUT2D eigenvalue weighted by atomic mass is 9.98. The number of alkyl carbamates (subject to hydrolysis) is 1. The number of fused-ring (bicyclic) bond motifs is 3. The first kappa shape index (κ1) is 21.9. The van der Waals surface area contributed by atoms with E-state index in [1.807, 2.05) is 24.3 Å². The zero-order valence-electron chi connectivity index (χ0n) is 18.1. The van der Waals surface area contributed by atoms with Crippen LogP contribution in [0.3, 0.4) is 0 Å². The molecule has 1 saturated heterocycles. The van der Waals surface area contributed by atoms with Gasteiger partial charge in [-0.25, -0.2) is 9.59 Å². The molecule has 1 fully saturated rings. The Morgan fingerprint density at radius 1 is 1.09 bits per heavy atom. The van der Waals surface area contributed by atoms with Gasteiger partial charge in [0.25, 0.3) is 0 Å². The average molecular weight is 437 g/mol.